The van der Waals surface area contributed by atoms with E-state index in [9.17, 15) is 4.79 Å². The Balaban J connectivity index is 1.47. The summed E-state index contributed by atoms with van der Waals surface area (Å²) in [6.07, 6.45) is 3.36. The van der Waals surface area contributed by atoms with E-state index in [0.29, 0.717) is 18.1 Å². The van der Waals surface area contributed by atoms with Crippen molar-refractivity contribution in [2.24, 2.45) is 0 Å². The number of piperazine rings is 1. The summed E-state index contributed by atoms with van der Waals surface area (Å²) in [6.45, 7) is 3.79. The lowest BCUT2D eigenvalue weighted by Crippen LogP contribution is -2.48. The molecule has 7 heteroatoms. The minimum absolute atomic E-state index is 0.0390. The molecule has 0 atom stereocenters. The fraction of sp³-hybridized carbons (Fsp3) is 0.312. The molecule has 2 aromatic rings. The molecule has 1 saturated heterocycles. The smallest absolute Gasteiger partial charge is 0.238 e. The molecule has 3 heterocycles. The highest BCUT2D eigenvalue weighted by molar-refractivity contribution is 5.92. The van der Waals surface area contributed by atoms with Crippen molar-refractivity contribution < 1.29 is 4.79 Å². The molecule has 0 aromatic carbocycles. The highest BCUT2D eigenvalue weighted by Gasteiger charge is 2.19. The van der Waals surface area contributed by atoms with E-state index in [0.717, 1.165) is 32.0 Å². The molecular weight excluding hydrogens is 292 g/mol. The fourth-order valence-electron chi connectivity index (χ4n) is 2.56. The number of carbonyl (C=O) groups excluding carboxylic acids is 1. The van der Waals surface area contributed by atoms with Gasteiger partial charge in [0.05, 0.1) is 18.4 Å². The normalized spacial score (nSPS) is 15.4. The summed E-state index contributed by atoms with van der Waals surface area (Å²) < 4.78 is 0. The van der Waals surface area contributed by atoms with Gasteiger partial charge in [-0.05, 0) is 24.3 Å². The van der Waals surface area contributed by atoms with Crippen LogP contribution in [0, 0.1) is 0 Å². The van der Waals surface area contributed by atoms with Gasteiger partial charge in [-0.2, -0.15) is 0 Å². The first-order valence-corrected chi connectivity index (χ1v) is 7.60. The lowest BCUT2D eigenvalue weighted by molar-refractivity contribution is -0.117. The van der Waals surface area contributed by atoms with E-state index >= 15 is 0 Å². The minimum Gasteiger partial charge on any atom is -0.384 e. The first-order chi connectivity index (χ1) is 11.2. The zero-order chi connectivity index (χ0) is 16.1. The van der Waals surface area contributed by atoms with Crippen LogP contribution in [0.3, 0.4) is 0 Å². The highest BCUT2D eigenvalue weighted by atomic mass is 16.2. The van der Waals surface area contributed by atoms with Gasteiger partial charge in [-0.1, -0.05) is 6.07 Å². The average molecular weight is 312 g/mol. The zero-order valence-electron chi connectivity index (χ0n) is 12.9. The van der Waals surface area contributed by atoms with Gasteiger partial charge in [-0.15, -0.1) is 0 Å². The van der Waals surface area contributed by atoms with Gasteiger partial charge < -0.3 is 16.0 Å². The molecule has 1 fully saturated rings. The van der Waals surface area contributed by atoms with Gasteiger partial charge >= 0.3 is 0 Å². The topological polar surface area (TPSA) is 87.4 Å². The number of aromatic nitrogens is 2. The lowest BCUT2D eigenvalue weighted by atomic mass is 10.3. The summed E-state index contributed by atoms with van der Waals surface area (Å²) in [5.41, 5.74) is 6.19. The van der Waals surface area contributed by atoms with Crippen LogP contribution in [0.2, 0.25) is 0 Å². The Labute approximate surface area is 135 Å². The number of hydrogen-bond acceptors (Lipinski definition) is 6. The third kappa shape index (κ3) is 4.17. The van der Waals surface area contributed by atoms with Crippen molar-refractivity contribution in [3.05, 3.63) is 42.7 Å². The second-order valence-corrected chi connectivity index (χ2v) is 5.47. The Kier molecular flexibility index (Phi) is 4.68. The predicted octanol–water partition coefficient (Wildman–Crippen LogP) is 0.819. The van der Waals surface area contributed by atoms with E-state index in [4.69, 9.17) is 5.73 Å². The number of nitrogens with zero attached hydrogens (tertiary/aromatic N) is 4. The van der Waals surface area contributed by atoms with E-state index in [1.54, 1.807) is 24.5 Å². The van der Waals surface area contributed by atoms with Crippen molar-refractivity contribution in [2.75, 3.05) is 48.7 Å². The number of nitrogens with one attached hydrogen (secondary N) is 1. The maximum atomic E-state index is 12.1. The average Bonchev–Trinajstić information content (AvgIpc) is 2.58. The molecule has 120 valence electrons. The Morgan fingerprint density at radius 1 is 1.13 bits per heavy atom. The first kappa shape index (κ1) is 15.2. The molecule has 23 heavy (non-hydrogen) atoms. The number of pyridine rings is 2. The van der Waals surface area contributed by atoms with E-state index in [2.05, 4.69) is 25.1 Å². The maximum Gasteiger partial charge on any atom is 0.238 e. The number of amides is 1. The van der Waals surface area contributed by atoms with Gasteiger partial charge in [0.1, 0.15) is 11.6 Å². The van der Waals surface area contributed by atoms with E-state index in [-0.39, 0.29) is 5.91 Å². The van der Waals surface area contributed by atoms with Crippen LogP contribution in [0.15, 0.2) is 42.7 Å². The van der Waals surface area contributed by atoms with Gasteiger partial charge in [0.2, 0.25) is 5.91 Å². The SMILES string of the molecule is Nc1ccc(NC(=O)CN2CCN(c3ccccn3)CC2)cn1. The molecule has 0 radical (unpaired) electrons. The van der Waals surface area contributed by atoms with Gasteiger partial charge in [-0.25, -0.2) is 9.97 Å². The summed E-state index contributed by atoms with van der Waals surface area (Å²) in [5, 5.41) is 2.83. The van der Waals surface area contributed by atoms with Crippen molar-refractivity contribution in [1.29, 1.82) is 0 Å². The first-order valence-electron chi connectivity index (χ1n) is 7.60. The Hall–Kier alpha value is -2.67. The number of nitrogens with two attached hydrogens (primary N) is 1. The second-order valence-electron chi connectivity index (χ2n) is 5.47. The summed E-state index contributed by atoms with van der Waals surface area (Å²) in [6, 6.07) is 9.33. The summed E-state index contributed by atoms with van der Waals surface area (Å²) in [5.74, 6) is 1.39. The molecule has 1 aliphatic heterocycles. The molecule has 3 rings (SSSR count). The van der Waals surface area contributed by atoms with Crippen LogP contribution in [0.25, 0.3) is 0 Å². The van der Waals surface area contributed by atoms with Gasteiger partial charge in [0.25, 0.3) is 0 Å². The highest BCUT2D eigenvalue weighted by Crippen LogP contribution is 2.12. The van der Waals surface area contributed by atoms with Gasteiger partial charge in [0, 0.05) is 32.4 Å². The number of carbonyl (C=O) groups is 1. The Morgan fingerprint density at radius 2 is 1.96 bits per heavy atom. The van der Waals surface area contributed by atoms with E-state index < -0.39 is 0 Å². The van der Waals surface area contributed by atoms with Crippen molar-refractivity contribution in [2.45, 2.75) is 0 Å². The number of anilines is 3. The number of rotatable bonds is 4. The van der Waals surface area contributed by atoms with Crippen LogP contribution >= 0.6 is 0 Å². The quantitative estimate of drug-likeness (QED) is 0.869. The largest absolute Gasteiger partial charge is 0.384 e. The number of nitrogen functional groups attached to an aromatic ring is 1. The predicted molar refractivity (Wildman–Crippen MR) is 90.2 cm³/mol. The van der Waals surface area contributed by atoms with Crippen LogP contribution in [-0.2, 0) is 4.79 Å². The van der Waals surface area contributed by atoms with Crippen molar-refractivity contribution in [3.8, 4) is 0 Å². The summed E-state index contributed by atoms with van der Waals surface area (Å²) in [7, 11) is 0. The molecule has 1 amide bonds. The molecule has 1 aliphatic rings. The molecule has 0 bridgehead atoms. The zero-order valence-corrected chi connectivity index (χ0v) is 12.9. The molecule has 0 spiro atoms. The summed E-state index contributed by atoms with van der Waals surface area (Å²) >= 11 is 0. The van der Waals surface area contributed by atoms with Gasteiger partial charge in [-0.3, -0.25) is 9.69 Å². The third-order valence-corrected chi connectivity index (χ3v) is 3.78. The molecule has 7 nitrogen and oxygen atoms in total. The molecule has 0 unspecified atom stereocenters. The second kappa shape index (κ2) is 7.06. The number of hydrogen-bond donors (Lipinski definition) is 2. The van der Waals surface area contributed by atoms with Crippen LogP contribution in [0.4, 0.5) is 17.3 Å². The third-order valence-electron chi connectivity index (χ3n) is 3.78. The van der Waals surface area contributed by atoms with E-state index in [1.165, 1.54) is 0 Å². The maximum absolute atomic E-state index is 12.1. The lowest BCUT2D eigenvalue weighted by Gasteiger charge is -2.34. The molecule has 3 N–H and O–H groups in total. The Bertz CT molecular complexity index is 637. The van der Waals surface area contributed by atoms with Crippen LogP contribution < -0.4 is 16.0 Å². The Morgan fingerprint density at radius 3 is 2.61 bits per heavy atom. The monoisotopic (exact) mass is 312 g/mol. The molecule has 2 aromatic heterocycles. The van der Waals surface area contributed by atoms with Crippen molar-refractivity contribution in [3.63, 3.8) is 0 Å². The fourth-order valence-corrected chi connectivity index (χ4v) is 2.56. The standard InChI is InChI=1S/C16H20N6O/c17-14-5-4-13(11-19-14)20-16(23)12-21-7-9-22(10-8-21)15-3-1-2-6-18-15/h1-6,11H,7-10,12H2,(H2,17,19)(H,20,23). The van der Waals surface area contributed by atoms with E-state index in [1.807, 2.05) is 18.2 Å². The van der Waals surface area contributed by atoms with Crippen LogP contribution in [0.1, 0.15) is 0 Å². The summed E-state index contributed by atoms with van der Waals surface area (Å²) in [4.78, 5) is 24.8. The van der Waals surface area contributed by atoms with Crippen LogP contribution in [-0.4, -0.2) is 53.5 Å². The molecule has 0 saturated carbocycles. The molecular formula is C16H20N6O. The van der Waals surface area contributed by atoms with Crippen LogP contribution in [0.5, 0.6) is 0 Å². The van der Waals surface area contributed by atoms with Crippen molar-refractivity contribution >= 4 is 23.2 Å². The molecule has 0 aliphatic carbocycles. The van der Waals surface area contributed by atoms with Crippen molar-refractivity contribution in [1.82, 2.24) is 14.9 Å². The van der Waals surface area contributed by atoms with Gasteiger partial charge in [0.15, 0.2) is 0 Å². The minimum atomic E-state index is -0.0390.